The van der Waals surface area contributed by atoms with Gasteiger partial charge in [0.1, 0.15) is 5.82 Å². The van der Waals surface area contributed by atoms with Gasteiger partial charge in [-0.2, -0.15) is 0 Å². The fourth-order valence-electron chi connectivity index (χ4n) is 1.82. The van der Waals surface area contributed by atoms with Gasteiger partial charge in [-0.05, 0) is 42.2 Å². The molecule has 2 rings (SSSR count). The maximum Gasteiger partial charge on any atom is 0.123 e. The van der Waals surface area contributed by atoms with E-state index in [2.05, 4.69) is 9.97 Å². The Morgan fingerprint density at radius 1 is 1.12 bits per heavy atom. The van der Waals surface area contributed by atoms with Gasteiger partial charge in [0.05, 0.1) is 0 Å². The maximum atomic E-state index is 6.10. The Morgan fingerprint density at radius 2 is 1.94 bits per heavy atom. The lowest BCUT2D eigenvalue weighted by molar-refractivity contribution is 0.663. The smallest absolute Gasteiger partial charge is 0.123 e. The van der Waals surface area contributed by atoms with Crippen LogP contribution >= 0.6 is 0 Å². The highest BCUT2D eigenvalue weighted by molar-refractivity contribution is 5.32. The van der Waals surface area contributed by atoms with Gasteiger partial charge in [0.2, 0.25) is 0 Å². The van der Waals surface area contributed by atoms with Crippen molar-refractivity contribution in [2.45, 2.75) is 18.9 Å². The quantitative estimate of drug-likeness (QED) is 0.823. The number of hydrogen-bond donors (Lipinski definition) is 2. The molecule has 0 saturated heterocycles. The summed E-state index contributed by atoms with van der Waals surface area (Å²) in [6.45, 7) is 0. The summed E-state index contributed by atoms with van der Waals surface area (Å²) in [5, 5.41) is 0. The highest BCUT2D eigenvalue weighted by Crippen LogP contribution is 2.08. The molecule has 4 N–H and O–H groups in total. The number of rotatable bonds is 4. The van der Waals surface area contributed by atoms with E-state index < -0.39 is 0 Å². The standard InChI is InChI=1S/C13H16N4/c14-12(7-11-2-1-4-16-9-11)6-10-3-5-17-13(15)8-10/h1-5,8-9,12H,6-7,14H2,(H2,15,17). The lowest BCUT2D eigenvalue weighted by Crippen LogP contribution is -2.25. The Hall–Kier alpha value is -1.94. The molecule has 17 heavy (non-hydrogen) atoms. The van der Waals surface area contributed by atoms with Crippen LogP contribution in [0.15, 0.2) is 42.9 Å². The molecule has 0 amide bonds. The molecule has 2 heterocycles. The lowest BCUT2D eigenvalue weighted by atomic mass is 10.0. The molecule has 1 atom stereocenters. The summed E-state index contributed by atoms with van der Waals surface area (Å²) in [6.07, 6.45) is 6.93. The van der Waals surface area contributed by atoms with Crippen LogP contribution in [0.4, 0.5) is 5.82 Å². The van der Waals surface area contributed by atoms with Gasteiger partial charge < -0.3 is 11.5 Å². The Kier molecular flexibility index (Phi) is 3.67. The predicted octanol–water partition coefficient (Wildman–Crippen LogP) is 1.17. The van der Waals surface area contributed by atoms with E-state index in [0.717, 1.165) is 24.0 Å². The molecule has 4 nitrogen and oxygen atoms in total. The van der Waals surface area contributed by atoms with Gasteiger partial charge in [-0.15, -0.1) is 0 Å². The predicted molar refractivity (Wildman–Crippen MR) is 68.3 cm³/mol. The van der Waals surface area contributed by atoms with E-state index in [1.165, 1.54) is 0 Å². The van der Waals surface area contributed by atoms with E-state index in [1.54, 1.807) is 12.4 Å². The van der Waals surface area contributed by atoms with Crippen molar-refractivity contribution in [2.24, 2.45) is 5.73 Å². The molecular formula is C13H16N4. The first-order valence-corrected chi connectivity index (χ1v) is 5.59. The van der Waals surface area contributed by atoms with E-state index >= 15 is 0 Å². The second-order valence-corrected chi connectivity index (χ2v) is 4.12. The highest BCUT2D eigenvalue weighted by atomic mass is 14.8. The van der Waals surface area contributed by atoms with Gasteiger partial charge in [-0.3, -0.25) is 4.98 Å². The third-order valence-corrected chi connectivity index (χ3v) is 2.56. The average Bonchev–Trinajstić information content (AvgIpc) is 2.30. The van der Waals surface area contributed by atoms with E-state index in [0.29, 0.717) is 5.82 Å². The van der Waals surface area contributed by atoms with Crippen molar-refractivity contribution in [1.29, 1.82) is 0 Å². The molecule has 0 saturated carbocycles. The Morgan fingerprint density at radius 3 is 2.65 bits per heavy atom. The second-order valence-electron chi connectivity index (χ2n) is 4.12. The molecule has 0 aliphatic carbocycles. The van der Waals surface area contributed by atoms with Crippen LogP contribution in [-0.4, -0.2) is 16.0 Å². The summed E-state index contributed by atoms with van der Waals surface area (Å²) in [6, 6.07) is 7.84. The van der Waals surface area contributed by atoms with E-state index in [1.807, 2.05) is 30.5 Å². The third kappa shape index (κ3) is 3.53. The van der Waals surface area contributed by atoms with Gasteiger partial charge in [-0.25, -0.2) is 4.98 Å². The normalized spacial score (nSPS) is 12.3. The molecule has 0 aromatic carbocycles. The Labute approximate surface area is 101 Å². The van der Waals surface area contributed by atoms with Crippen LogP contribution in [0.1, 0.15) is 11.1 Å². The van der Waals surface area contributed by atoms with E-state index in [-0.39, 0.29) is 6.04 Å². The van der Waals surface area contributed by atoms with E-state index in [9.17, 15) is 0 Å². The number of pyridine rings is 2. The lowest BCUT2D eigenvalue weighted by Gasteiger charge is -2.11. The zero-order chi connectivity index (χ0) is 12.1. The number of hydrogen-bond acceptors (Lipinski definition) is 4. The molecule has 0 aliphatic rings. The van der Waals surface area contributed by atoms with Crippen LogP contribution in [0.25, 0.3) is 0 Å². The molecule has 2 aromatic rings. The summed E-state index contributed by atoms with van der Waals surface area (Å²) >= 11 is 0. The first-order valence-electron chi connectivity index (χ1n) is 5.59. The average molecular weight is 228 g/mol. The first-order chi connectivity index (χ1) is 8.24. The third-order valence-electron chi connectivity index (χ3n) is 2.56. The zero-order valence-electron chi connectivity index (χ0n) is 9.58. The minimum Gasteiger partial charge on any atom is -0.384 e. The van der Waals surface area contributed by atoms with Gasteiger partial charge in [0.15, 0.2) is 0 Å². The van der Waals surface area contributed by atoms with E-state index in [4.69, 9.17) is 11.5 Å². The van der Waals surface area contributed by atoms with Gasteiger partial charge >= 0.3 is 0 Å². The first kappa shape index (κ1) is 11.5. The van der Waals surface area contributed by atoms with Crippen molar-refractivity contribution in [3.8, 4) is 0 Å². The van der Waals surface area contributed by atoms with Gasteiger partial charge in [-0.1, -0.05) is 6.07 Å². The van der Waals surface area contributed by atoms with Crippen LogP contribution in [-0.2, 0) is 12.8 Å². The van der Waals surface area contributed by atoms with Gasteiger partial charge in [0.25, 0.3) is 0 Å². The molecular weight excluding hydrogens is 212 g/mol. The Balaban J connectivity index is 1.96. The van der Waals surface area contributed by atoms with Crippen LogP contribution in [0.2, 0.25) is 0 Å². The summed E-state index contributed by atoms with van der Waals surface area (Å²) < 4.78 is 0. The molecule has 0 bridgehead atoms. The van der Waals surface area contributed by atoms with Crippen molar-refractivity contribution >= 4 is 5.82 Å². The van der Waals surface area contributed by atoms with Gasteiger partial charge in [0, 0.05) is 24.6 Å². The summed E-state index contributed by atoms with van der Waals surface area (Å²) in [4.78, 5) is 8.03. The number of nitrogens with zero attached hydrogens (tertiary/aromatic N) is 2. The van der Waals surface area contributed by atoms with Crippen LogP contribution in [0.5, 0.6) is 0 Å². The summed E-state index contributed by atoms with van der Waals surface area (Å²) in [5.41, 5.74) is 14.0. The van der Waals surface area contributed by atoms with Crippen molar-refractivity contribution in [2.75, 3.05) is 5.73 Å². The molecule has 1 unspecified atom stereocenters. The number of anilines is 1. The number of nitrogen functional groups attached to an aromatic ring is 1. The van der Waals surface area contributed by atoms with Crippen molar-refractivity contribution < 1.29 is 0 Å². The Bertz CT molecular complexity index is 470. The minimum absolute atomic E-state index is 0.0704. The topological polar surface area (TPSA) is 77.8 Å². The maximum absolute atomic E-state index is 6.10. The van der Waals surface area contributed by atoms with Crippen LogP contribution in [0, 0.1) is 0 Å². The molecule has 0 aliphatic heterocycles. The number of aromatic nitrogens is 2. The minimum atomic E-state index is 0.0704. The second kappa shape index (κ2) is 5.41. The molecule has 4 heteroatoms. The SMILES string of the molecule is Nc1cc(CC(N)Cc2cccnc2)ccn1. The summed E-state index contributed by atoms with van der Waals surface area (Å²) in [7, 11) is 0. The van der Waals surface area contributed by atoms with Crippen molar-refractivity contribution in [3.05, 3.63) is 54.0 Å². The number of nitrogens with two attached hydrogens (primary N) is 2. The molecule has 88 valence electrons. The molecule has 0 radical (unpaired) electrons. The van der Waals surface area contributed by atoms with Crippen molar-refractivity contribution in [1.82, 2.24) is 9.97 Å². The fourth-order valence-corrected chi connectivity index (χ4v) is 1.82. The fraction of sp³-hybridized carbons (Fsp3) is 0.231. The van der Waals surface area contributed by atoms with Crippen molar-refractivity contribution in [3.63, 3.8) is 0 Å². The van der Waals surface area contributed by atoms with Crippen LogP contribution in [0.3, 0.4) is 0 Å². The molecule has 0 spiro atoms. The summed E-state index contributed by atoms with van der Waals surface area (Å²) in [5.74, 6) is 0.538. The monoisotopic (exact) mass is 228 g/mol. The molecule has 0 fully saturated rings. The highest BCUT2D eigenvalue weighted by Gasteiger charge is 2.06. The zero-order valence-corrected chi connectivity index (χ0v) is 9.58. The largest absolute Gasteiger partial charge is 0.384 e. The van der Waals surface area contributed by atoms with Crippen LogP contribution < -0.4 is 11.5 Å². The molecule has 2 aromatic heterocycles.